The van der Waals surface area contributed by atoms with Gasteiger partial charge in [0.15, 0.2) is 0 Å². The van der Waals surface area contributed by atoms with Crippen LogP contribution in [0.2, 0.25) is 5.02 Å². The second-order valence-electron chi connectivity index (χ2n) is 11.1. The fourth-order valence-electron chi connectivity index (χ4n) is 6.57. The van der Waals surface area contributed by atoms with Crippen LogP contribution in [0.25, 0.3) is 0 Å². The lowest BCUT2D eigenvalue weighted by Crippen LogP contribution is -2.44. The summed E-state index contributed by atoms with van der Waals surface area (Å²) in [5.41, 5.74) is 4.40. The zero-order valence-corrected chi connectivity index (χ0v) is 22.9. The van der Waals surface area contributed by atoms with Gasteiger partial charge in [-0.15, -0.1) is 0 Å². The molecule has 37 heavy (non-hydrogen) atoms. The fourth-order valence-corrected chi connectivity index (χ4v) is 6.97. The van der Waals surface area contributed by atoms with Gasteiger partial charge in [-0.05, 0) is 97.4 Å². The molecule has 0 aliphatic heterocycles. The number of nitriles is 2. The molecular formula is C32H37ClN2O2. The first kappa shape index (κ1) is 27.2. The number of hydrogen-bond acceptors (Lipinski definition) is 4. The van der Waals surface area contributed by atoms with E-state index < -0.39 is 5.97 Å². The number of rotatable bonds is 10. The van der Waals surface area contributed by atoms with Gasteiger partial charge >= 0.3 is 5.97 Å². The van der Waals surface area contributed by atoms with E-state index in [9.17, 15) is 15.3 Å². The molecule has 0 heterocycles. The Morgan fingerprint density at radius 2 is 1.65 bits per heavy atom. The van der Waals surface area contributed by atoms with Crippen molar-refractivity contribution in [2.45, 2.75) is 103 Å². The minimum atomic E-state index is -0.430. The van der Waals surface area contributed by atoms with Crippen LogP contribution in [-0.2, 0) is 23.1 Å². The van der Waals surface area contributed by atoms with Gasteiger partial charge in [-0.2, -0.15) is 10.5 Å². The smallest absolute Gasteiger partial charge is 0.310 e. The minimum Gasteiger partial charge on any atom is -0.425 e. The van der Waals surface area contributed by atoms with Crippen molar-refractivity contribution in [1.82, 2.24) is 0 Å². The van der Waals surface area contributed by atoms with E-state index in [1.54, 1.807) is 19.1 Å². The van der Waals surface area contributed by atoms with E-state index in [4.69, 9.17) is 16.3 Å². The topological polar surface area (TPSA) is 73.9 Å². The highest BCUT2D eigenvalue weighted by molar-refractivity contribution is 6.31. The largest absolute Gasteiger partial charge is 0.425 e. The Morgan fingerprint density at radius 3 is 2.24 bits per heavy atom. The van der Waals surface area contributed by atoms with Crippen LogP contribution in [0.3, 0.4) is 0 Å². The van der Waals surface area contributed by atoms with E-state index in [1.165, 1.54) is 69.8 Å². The summed E-state index contributed by atoms with van der Waals surface area (Å²) in [4.78, 5) is 11.7. The normalized spacial score (nSPS) is 22.3. The monoisotopic (exact) mass is 516 g/mol. The second kappa shape index (κ2) is 11.7. The Morgan fingerprint density at radius 1 is 0.946 bits per heavy atom. The molecule has 3 saturated carbocycles. The van der Waals surface area contributed by atoms with Crippen LogP contribution in [0, 0.1) is 28.1 Å². The molecule has 3 fully saturated rings. The minimum absolute atomic E-state index is 0.120. The van der Waals surface area contributed by atoms with Crippen molar-refractivity contribution in [2.75, 3.05) is 0 Å². The van der Waals surface area contributed by atoms with Crippen molar-refractivity contribution in [3.05, 3.63) is 63.2 Å². The predicted octanol–water partition coefficient (Wildman–Crippen LogP) is 8.36. The van der Waals surface area contributed by atoms with Crippen molar-refractivity contribution >= 4 is 17.6 Å². The van der Waals surface area contributed by atoms with E-state index in [0.29, 0.717) is 18.3 Å². The van der Waals surface area contributed by atoms with Crippen LogP contribution in [-0.4, -0.2) is 5.97 Å². The molecular weight excluding hydrogens is 480 g/mol. The van der Waals surface area contributed by atoms with Crippen molar-refractivity contribution in [1.29, 1.82) is 10.5 Å². The summed E-state index contributed by atoms with van der Waals surface area (Å²) in [6.07, 6.45) is 14.6. The molecule has 3 aliphatic carbocycles. The standard InChI is InChI=1S/C32H37ClN2O2/c1-3-5-6-13-31-14-17-32(18-15-31,19-16-31)27-11-8-23(20-28(27)33)7-9-24-10-12-29(37-30(36)4-2)26(22-35)25(24)21-34/h8,10-12,20H,3-7,9,13-19H2,1-2H3. The van der Waals surface area contributed by atoms with Gasteiger partial charge in [0, 0.05) is 11.4 Å². The molecule has 5 rings (SSSR count). The fraction of sp³-hybridized carbons (Fsp3) is 0.531. The maximum Gasteiger partial charge on any atom is 0.310 e. The molecule has 2 aromatic rings. The van der Waals surface area contributed by atoms with Gasteiger partial charge < -0.3 is 4.74 Å². The van der Waals surface area contributed by atoms with Gasteiger partial charge in [0.1, 0.15) is 23.5 Å². The molecule has 0 N–H and O–H groups in total. The summed E-state index contributed by atoms with van der Waals surface area (Å²) in [5.74, 6) is -0.281. The lowest BCUT2D eigenvalue weighted by molar-refractivity contribution is -0.134. The number of nitrogens with zero attached hydrogens (tertiary/aromatic N) is 2. The van der Waals surface area contributed by atoms with Crippen LogP contribution in [0.5, 0.6) is 5.75 Å². The SMILES string of the molecule is CCCCCC12CCC(c3ccc(CCc4ccc(OC(=O)CC)c(C#N)c4C#N)cc3Cl)(CC1)CC2. The number of fused-ring (bicyclic) bond motifs is 3. The summed E-state index contributed by atoms with van der Waals surface area (Å²) in [6.45, 7) is 3.97. The molecule has 5 heteroatoms. The maximum absolute atomic E-state index is 11.7. The van der Waals surface area contributed by atoms with Gasteiger partial charge in [-0.3, -0.25) is 4.79 Å². The number of unbranched alkanes of at least 4 members (excludes halogenated alkanes) is 2. The van der Waals surface area contributed by atoms with Crippen molar-refractivity contribution < 1.29 is 9.53 Å². The number of esters is 1. The molecule has 4 nitrogen and oxygen atoms in total. The lowest BCUT2D eigenvalue weighted by atomic mass is 9.51. The van der Waals surface area contributed by atoms with Gasteiger partial charge in [0.2, 0.25) is 0 Å². The van der Waals surface area contributed by atoms with Gasteiger partial charge in [0.05, 0.1) is 5.56 Å². The Bertz CT molecular complexity index is 1210. The molecule has 0 aromatic heterocycles. The van der Waals surface area contributed by atoms with Crippen LogP contribution >= 0.6 is 11.6 Å². The van der Waals surface area contributed by atoms with Crippen LogP contribution in [0.4, 0.5) is 0 Å². The van der Waals surface area contributed by atoms with E-state index in [-0.39, 0.29) is 28.7 Å². The highest BCUT2D eigenvalue weighted by Crippen LogP contribution is 2.60. The second-order valence-corrected chi connectivity index (χ2v) is 11.5. The Kier molecular flexibility index (Phi) is 8.61. The number of hydrogen-bond donors (Lipinski definition) is 0. The first-order valence-corrected chi connectivity index (χ1v) is 14.2. The molecule has 0 atom stereocenters. The zero-order valence-electron chi connectivity index (χ0n) is 22.2. The number of carbonyl (C=O) groups excluding carboxylic acids is 1. The van der Waals surface area contributed by atoms with Gasteiger partial charge in [0.25, 0.3) is 0 Å². The van der Waals surface area contributed by atoms with Crippen LogP contribution in [0.15, 0.2) is 30.3 Å². The summed E-state index contributed by atoms with van der Waals surface area (Å²) in [5, 5.41) is 20.2. The first-order valence-electron chi connectivity index (χ1n) is 13.8. The average Bonchev–Trinajstić information content (AvgIpc) is 2.93. The number of aryl methyl sites for hydroxylation is 2. The summed E-state index contributed by atoms with van der Waals surface area (Å²) < 4.78 is 5.26. The van der Waals surface area contributed by atoms with E-state index >= 15 is 0 Å². The third-order valence-electron chi connectivity index (χ3n) is 8.99. The zero-order chi connectivity index (χ0) is 26.5. The predicted molar refractivity (Wildman–Crippen MR) is 147 cm³/mol. The molecule has 2 bridgehead atoms. The van der Waals surface area contributed by atoms with E-state index in [2.05, 4.69) is 31.2 Å². The highest BCUT2D eigenvalue weighted by Gasteiger charge is 2.49. The maximum atomic E-state index is 11.7. The molecule has 0 radical (unpaired) electrons. The highest BCUT2D eigenvalue weighted by atomic mass is 35.5. The van der Waals surface area contributed by atoms with Gasteiger partial charge in [-0.1, -0.05) is 62.9 Å². The third-order valence-corrected chi connectivity index (χ3v) is 9.30. The molecule has 0 amide bonds. The Labute approximate surface area is 226 Å². The first-order chi connectivity index (χ1) is 17.9. The average molecular weight is 517 g/mol. The van der Waals surface area contributed by atoms with Crippen molar-refractivity contribution in [3.8, 4) is 17.9 Å². The molecule has 2 aromatic carbocycles. The van der Waals surface area contributed by atoms with Gasteiger partial charge in [-0.25, -0.2) is 0 Å². The molecule has 0 saturated heterocycles. The third kappa shape index (κ3) is 5.71. The molecule has 194 valence electrons. The lowest BCUT2D eigenvalue weighted by Gasteiger charge is -2.54. The van der Waals surface area contributed by atoms with Crippen LogP contribution in [0.1, 0.15) is 112 Å². The summed E-state index contributed by atoms with van der Waals surface area (Å²) >= 11 is 6.91. The Balaban J connectivity index is 1.45. The van der Waals surface area contributed by atoms with Crippen molar-refractivity contribution in [3.63, 3.8) is 0 Å². The van der Waals surface area contributed by atoms with Crippen molar-refractivity contribution in [2.24, 2.45) is 5.41 Å². The number of carbonyl (C=O) groups is 1. The quantitative estimate of drug-likeness (QED) is 0.180. The number of ether oxygens (including phenoxy) is 1. The number of benzene rings is 2. The Hall–Kier alpha value is -2.82. The summed E-state index contributed by atoms with van der Waals surface area (Å²) in [7, 11) is 0. The van der Waals surface area contributed by atoms with E-state index in [0.717, 1.165) is 16.1 Å². The van der Waals surface area contributed by atoms with E-state index in [1.807, 2.05) is 6.07 Å². The van der Waals surface area contributed by atoms with Crippen LogP contribution < -0.4 is 4.74 Å². The summed E-state index contributed by atoms with van der Waals surface area (Å²) in [6, 6.07) is 14.1. The molecule has 3 aliphatic rings. The molecule has 0 unspecified atom stereocenters. The number of halogens is 1. The molecule has 0 spiro atoms.